The number of rotatable bonds is 4. The van der Waals surface area contributed by atoms with Gasteiger partial charge < -0.3 is 15.2 Å². The SMILES string of the molecule is Cc1nnc2n1CC(C(=O)NC1CCCC(NC(=O)c3n[nH]c4c3CCCC4)C1)C2. The molecule has 5 rings (SSSR count). The molecule has 2 amide bonds. The van der Waals surface area contributed by atoms with Crippen molar-refractivity contribution in [1.82, 2.24) is 35.6 Å². The van der Waals surface area contributed by atoms with Crippen LogP contribution in [-0.4, -0.2) is 48.9 Å². The van der Waals surface area contributed by atoms with Crippen molar-refractivity contribution in [3.63, 3.8) is 0 Å². The summed E-state index contributed by atoms with van der Waals surface area (Å²) in [6.07, 6.45) is 8.45. The van der Waals surface area contributed by atoms with Crippen LogP contribution in [-0.2, 0) is 30.6 Å². The van der Waals surface area contributed by atoms with E-state index >= 15 is 0 Å². The van der Waals surface area contributed by atoms with E-state index in [-0.39, 0.29) is 29.8 Å². The molecule has 2 aliphatic carbocycles. The molecule has 9 nitrogen and oxygen atoms in total. The quantitative estimate of drug-likeness (QED) is 0.699. The lowest BCUT2D eigenvalue weighted by molar-refractivity contribution is -0.125. The summed E-state index contributed by atoms with van der Waals surface area (Å²) in [6, 6.07) is 0.162. The van der Waals surface area contributed by atoms with Crippen molar-refractivity contribution in [3.8, 4) is 0 Å². The van der Waals surface area contributed by atoms with E-state index in [9.17, 15) is 9.59 Å². The number of nitrogens with one attached hydrogen (secondary N) is 3. The summed E-state index contributed by atoms with van der Waals surface area (Å²) in [4.78, 5) is 25.6. The molecule has 3 N–H and O–H groups in total. The number of aromatic amines is 1. The number of amides is 2. The molecule has 160 valence electrons. The molecule has 9 heteroatoms. The Kier molecular flexibility index (Phi) is 5.04. The van der Waals surface area contributed by atoms with Gasteiger partial charge in [-0.3, -0.25) is 14.7 Å². The third-order valence-electron chi connectivity index (χ3n) is 6.84. The normalized spacial score (nSPS) is 25.4. The number of aromatic nitrogens is 5. The van der Waals surface area contributed by atoms with E-state index in [1.54, 1.807) is 0 Å². The average molecular weight is 412 g/mol. The van der Waals surface area contributed by atoms with Gasteiger partial charge in [0.1, 0.15) is 11.6 Å². The fourth-order valence-corrected chi connectivity index (χ4v) is 5.19. The van der Waals surface area contributed by atoms with E-state index in [0.717, 1.165) is 74.3 Å². The van der Waals surface area contributed by atoms with Crippen LogP contribution in [0.2, 0.25) is 0 Å². The fraction of sp³-hybridized carbons (Fsp3) is 0.667. The minimum atomic E-state index is -0.0874. The molecule has 0 aromatic carbocycles. The second kappa shape index (κ2) is 7.85. The zero-order valence-electron chi connectivity index (χ0n) is 17.4. The summed E-state index contributed by atoms with van der Waals surface area (Å²) in [5, 5.41) is 21.9. The fourth-order valence-electron chi connectivity index (χ4n) is 5.19. The van der Waals surface area contributed by atoms with Crippen LogP contribution in [0.25, 0.3) is 0 Å². The van der Waals surface area contributed by atoms with Crippen LogP contribution in [0.3, 0.4) is 0 Å². The third-order valence-corrected chi connectivity index (χ3v) is 6.84. The first-order valence-corrected chi connectivity index (χ1v) is 11.1. The second-order valence-corrected chi connectivity index (χ2v) is 8.95. The van der Waals surface area contributed by atoms with Crippen LogP contribution in [0.15, 0.2) is 0 Å². The van der Waals surface area contributed by atoms with Gasteiger partial charge >= 0.3 is 0 Å². The Morgan fingerprint density at radius 3 is 2.70 bits per heavy atom. The third kappa shape index (κ3) is 3.61. The Hall–Kier alpha value is -2.71. The minimum Gasteiger partial charge on any atom is -0.353 e. The number of nitrogens with zero attached hydrogens (tertiary/aromatic N) is 4. The molecule has 2 aromatic heterocycles. The number of carbonyl (C=O) groups is 2. The average Bonchev–Trinajstić information content (AvgIpc) is 3.44. The summed E-state index contributed by atoms with van der Waals surface area (Å²) in [7, 11) is 0. The molecule has 3 aliphatic rings. The molecule has 3 heterocycles. The molecule has 1 fully saturated rings. The highest BCUT2D eigenvalue weighted by atomic mass is 16.2. The number of aryl methyl sites for hydroxylation is 2. The van der Waals surface area contributed by atoms with Crippen LogP contribution in [0.5, 0.6) is 0 Å². The number of hydrogen-bond acceptors (Lipinski definition) is 5. The van der Waals surface area contributed by atoms with Crippen molar-refractivity contribution in [2.45, 2.75) is 83.3 Å². The topological polar surface area (TPSA) is 118 Å². The molecular formula is C21H29N7O2. The summed E-state index contributed by atoms with van der Waals surface area (Å²) in [6.45, 7) is 2.57. The Morgan fingerprint density at radius 1 is 1.07 bits per heavy atom. The summed E-state index contributed by atoms with van der Waals surface area (Å²) < 4.78 is 2.03. The first-order valence-electron chi connectivity index (χ1n) is 11.1. The van der Waals surface area contributed by atoms with Gasteiger partial charge in [-0.15, -0.1) is 10.2 Å². The number of carbonyl (C=O) groups excluding carboxylic acids is 2. The lowest BCUT2D eigenvalue weighted by Crippen LogP contribution is -2.47. The highest BCUT2D eigenvalue weighted by Crippen LogP contribution is 2.25. The first kappa shape index (κ1) is 19.3. The molecule has 30 heavy (non-hydrogen) atoms. The minimum absolute atomic E-state index is 0.0675. The molecule has 1 saturated carbocycles. The van der Waals surface area contributed by atoms with Gasteiger partial charge in [-0.05, 0) is 58.3 Å². The smallest absolute Gasteiger partial charge is 0.272 e. The molecule has 0 bridgehead atoms. The van der Waals surface area contributed by atoms with E-state index in [2.05, 4.69) is 31.0 Å². The Balaban J connectivity index is 1.16. The van der Waals surface area contributed by atoms with Gasteiger partial charge in [0.2, 0.25) is 5.91 Å². The first-order chi connectivity index (χ1) is 14.6. The summed E-state index contributed by atoms with van der Waals surface area (Å²) >= 11 is 0. The van der Waals surface area contributed by atoms with Gasteiger partial charge in [-0.25, -0.2) is 0 Å². The number of fused-ring (bicyclic) bond motifs is 2. The molecule has 1 aliphatic heterocycles. The Labute approximate surface area is 175 Å². The van der Waals surface area contributed by atoms with E-state index in [0.29, 0.717) is 18.7 Å². The molecule has 3 atom stereocenters. The van der Waals surface area contributed by atoms with Gasteiger partial charge in [0, 0.05) is 36.3 Å². The standard InChI is InChI=1S/C21H29N7O2/c1-12-24-26-18-9-13(11-28(12)18)20(29)22-14-5-4-6-15(10-14)23-21(30)19-16-7-2-3-8-17(16)25-27-19/h13-15H,2-11H2,1H3,(H,22,29)(H,23,30)(H,25,27). The Bertz CT molecular complexity index is 963. The summed E-state index contributed by atoms with van der Waals surface area (Å²) in [5.74, 6) is 1.67. The predicted octanol–water partition coefficient (Wildman–Crippen LogP) is 1.22. The zero-order chi connectivity index (χ0) is 20.7. The van der Waals surface area contributed by atoms with Crippen molar-refractivity contribution in [3.05, 3.63) is 28.6 Å². The van der Waals surface area contributed by atoms with E-state index < -0.39 is 0 Å². The van der Waals surface area contributed by atoms with Crippen molar-refractivity contribution < 1.29 is 9.59 Å². The molecule has 2 aromatic rings. The molecular weight excluding hydrogens is 382 g/mol. The van der Waals surface area contributed by atoms with Crippen LogP contribution < -0.4 is 10.6 Å². The molecule has 0 radical (unpaired) electrons. The highest BCUT2D eigenvalue weighted by Gasteiger charge is 2.33. The highest BCUT2D eigenvalue weighted by molar-refractivity contribution is 5.94. The maximum atomic E-state index is 12.8. The zero-order valence-corrected chi connectivity index (χ0v) is 17.4. The monoisotopic (exact) mass is 411 g/mol. The maximum absolute atomic E-state index is 12.8. The van der Waals surface area contributed by atoms with Crippen LogP contribution >= 0.6 is 0 Å². The van der Waals surface area contributed by atoms with Gasteiger partial charge in [-0.1, -0.05) is 0 Å². The maximum Gasteiger partial charge on any atom is 0.272 e. The van der Waals surface area contributed by atoms with E-state index in [4.69, 9.17) is 0 Å². The summed E-state index contributed by atoms with van der Waals surface area (Å²) in [5.41, 5.74) is 2.75. The Morgan fingerprint density at radius 2 is 1.87 bits per heavy atom. The number of hydrogen-bond donors (Lipinski definition) is 3. The largest absolute Gasteiger partial charge is 0.353 e. The molecule has 0 saturated heterocycles. The van der Waals surface area contributed by atoms with Crippen molar-refractivity contribution in [2.24, 2.45) is 5.92 Å². The van der Waals surface area contributed by atoms with Gasteiger partial charge in [0.05, 0.1) is 5.92 Å². The van der Waals surface area contributed by atoms with Crippen LogP contribution in [0, 0.1) is 12.8 Å². The van der Waals surface area contributed by atoms with Crippen molar-refractivity contribution >= 4 is 11.8 Å². The van der Waals surface area contributed by atoms with Gasteiger partial charge in [0.15, 0.2) is 5.69 Å². The second-order valence-electron chi connectivity index (χ2n) is 8.95. The molecule has 0 spiro atoms. The van der Waals surface area contributed by atoms with Crippen LogP contribution in [0.1, 0.15) is 71.9 Å². The number of H-pyrrole nitrogens is 1. The lowest BCUT2D eigenvalue weighted by atomic mass is 9.90. The van der Waals surface area contributed by atoms with E-state index in [1.165, 1.54) is 0 Å². The van der Waals surface area contributed by atoms with Crippen molar-refractivity contribution in [1.29, 1.82) is 0 Å². The van der Waals surface area contributed by atoms with E-state index in [1.807, 2.05) is 11.5 Å². The predicted molar refractivity (Wildman–Crippen MR) is 109 cm³/mol. The van der Waals surface area contributed by atoms with Gasteiger partial charge in [-0.2, -0.15) is 5.10 Å². The lowest BCUT2D eigenvalue weighted by Gasteiger charge is -2.31. The van der Waals surface area contributed by atoms with Crippen LogP contribution in [0.4, 0.5) is 0 Å². The molecule has 3 unspecified atom stereocenters. The van der Waals surface area contributed by atoms with Crippen molar-refractivity contribution in [2.75, 3.05) is 0 Å². The van der Waals surface area contributed by atoms with Gasteiger partial charge in [0.25, 0.3) is 5.91 Å².